The van der Waals surface area contributed by atoms with Crippen molar-refractivity contribution in [3.05, 3.63) is 0 Å². The Morgan fingerprint density at radius 3 is 2.75 bits per heavy atom. The molecule has 1 N–H and O–H groups in total. The Labute approximate surface area is 50.2 Å². The molecular formula is C6H13NO. The molecular weight excluding hydrogens is 102 g/mol. The summed E-state index contributed by atoms with van der Waals surface area (Å²) in [5.41, 5.74) is 0. The molecule has 0 saturated carbocycles. The highest BCUT2D eigenvalue weighted by Gasteiger charge is 2.17. The first-order chi connectivity index (χ1) is 3.83. The van der Waals surface area contributed by atoms with E-state index < -0.39 is 0 Å². The first-order valence-electron chi connectivity index (χ1n) is 3.21. The van der Waals surface area contributed by atoms with Crippen molar-refractivity contribution in [2.24, 2.45) is 0 Å². The van der Waals surface area contributed by atoms with Gasteiger partial charge in [-0.3, -0.25) is 5.32 Å². The van der Waals surface area contributed by atoms with E-state index in [2.05, 4.69) is 12.2 Å². The molecule has 1 heterocycles. The minimum absolute atomic E-state index is 0.278. The fourth-order valence-corrected chi connectivity index (χ4v) is 0.923. The van der Waals surface area contributed by atoms with E-state index in [1.807, 2.05) is 6.92 Å². The first-order valence-corrected chi connectivity index (χ1v) is 3.21. The third kappa shape index (κ3) is 1.20. The van der Waals surface area contributed by atoms with Gasteiger partial charge in [0, 0.05) is 6.54 Å². The van der Waals surface area contributed by atoms with Crippen LogP contribution >= 0.6 is 0 Å². The molecule has 2 atom stereocenters. The molecule has 8 heavy (non-hydrogen) atoms. The van der Waals surface area contributed by atoms with Crippen LogP contribution in [0.3, 0.4) is 0 Å². The molecule has 0 aromatic carbocycles. The Hall–Kier alpha value is -0.0800. The van der Waals surface area contributed by atoms with Crippen LogP contribution in [0.2, 0.25) is 0 Å². The molecule has 2 heteroatoms. The highest BCUT2D eigenvalue weighted by Crippen LogP contribution is 2.05. The lowest BCUT2D eigenvalue weighted by Gasteiger charge is -2.04. The minimum Gasteiger partial charge on any atom is -0.359 e. The van der Waals surface area contributed by atoms with Crippen LogP contribution in [-0.2, 0) is 4.74 Å². The maximum absolute atomic E-state index is 5.40. The van der Waals surface area contributed by atoms with Gasteiger partial charge < -0.3 is 4.74 Å². The van der Waals surface area contributed by atoms with Gasteiger partial charge in [0.25, 0.3) is 0 Å². The highest BCUT2D eigenvalue weighted by atomic mass is 16.5. The standard InChI is InChI=1S/C6H13NO/c1-3-6-4-7-5(2)8-6/h5-7H,3-4H2,1-2H3/t5-,6?/m1/s1. The molecule has 48 valence electrons. The summed E-state index contributed by atoms with van der Waals surface area (Å²) in [6.45, 7) is 5.21. The second kappa shape index (κ2) is 2.46. The molecule has 0 aliphatic carbocycles. The van der Waals surface area contributed by atoms with Gasteiger partial charge in [0.15, 0.2) is 0 Å². The Kier molecular flexibility index (Phi) is 1.86. The van der Waals surface area contributed by atoms with Gasteiger partial charge in [0.2, 0.25) is 0 Å². The number of hydrogen-bond donors (Lipinski definition) is 1. The lowest BCUT2D eigenvalue weighted by molar-refractivity contribution is 0.0515. The van der Waals surface area contributed by atoms with Gasteiger partial charge in [-0.2, -0.15) is 0 Å². The fourth-order valence-electron chi connectivity index (χ4n) is 0.923. The van der Waals surface area contributed by atoms with Crippen molar-refractivity contribution in [1.82, 2.24) is 5.32 Å². The van der Waals surface area contributed by atoms with Crippen molar-refractivity contribution in [1.29, 1.82) is 0 Å². The van der Waals surface area contributed by atoms with E-state index in [0.29, 0.717) is 6.10 Å². The molecule has 0 aromatic heterocycles. The second-order valence-corrected chi connectivity index (χ2v) is 2.22. The molecule has 2 nitrogen and oxygen atoms in total. The third-order valence-electron chi connectivity index (χ3n) is 1.48. The maximum atomic E-state index is 5.40. The van der Waals surface area contributed by atoms with Gasteiger partial charge >= 0.3 is 0 Å². The van der Waals surface area contributed by atoms with E-state index in [9.17, 15) is 0 Å². The average molecular weight is 115 g/mol. The van der Waals surface area contributed by atoms with Crippen LogP contribution in [0.25, 0.3) is 0 Å². The van der Waals surface area contributed by atoms with E-state index in [1.165, 1.54) is 0 Å². The normalized spacial score (nSPS) is 38.2. The van der Waals surface area contributed by atoms with E-state index in [-0.39, 0.29) is 6.23 Å². The summed E-state index contributed by atoms with van der Waals surface area (Å²) in [7, 11) is 0. The number of ether oxygens (including phenoxy) is 1. The maximum Gasteiger partial charge on any atom is 0.105 e. The monoisotopic (exact) mass is 115 g/mol. The van der Waals surface area contributed by atoms with E-state index in [4.69, 9.17) is 4.74 Å². The Balaban J connectivity index is 2.22. The minimum atomic E-state index is 0.278. The Morgan fingerprint density at radius 2 is 2.50 bits per heavy atom. The van der Waals surface area contributed by atoms with Gasteiger partial charge in [-0.25, -0.2) is 0 Å². The zero-order chi connectivity index (χ0) is 5.98. The Morgan fingerprint density at radius 1 is 1.75 bits per heavy atom. The molecule has 1 fully saturated rings. The molecule has 0 spiro atoms. The van der Waals surface area contributed by atoms with E-state index in [0.717, 1.165) is 13.0 Å². The van der Waals surface area contributed by atoms with Crippen LogP contribution in [0.5, 0.6) is 0 Å². The molecule has 1 saturated heterocycles. The van der Waals surface area contributed by atoms with Gasteiger partial charge in [-0.1, -0.05) is 6.92 Å². The van der Waals surface area contributed by atoms with Crippen molar-refractivity contribution >= 4 is 0 Å². The summed E-state index contributed by atoms with van der Waals surface area (Å²) >= 11 is 0. The molecule has 0 amide bonds. The molecule has 1 rings (SSSR count). The molecule has 0 bridgehead atoms. The molecule has 0 radical (unpaired) electrons. The molecule has 1 unspecified atom stereocenters. The lowest BCUT2D eigenvalue weighted by Crippen LogP contribution is -2.17. The van der Waals surface area contributed by atoms with Crippen molar-refractivity contribution < 1.29 is 4.74 Å². The largest absolute Gasteiger partial charge is 0.359 e. The van der Waals surface area contributed by atoms with Gasteiger partial charge in [0.1, 0.15) is 6.23 Å². The summed E-state index contributed by atoms with van der Waals surface area (Å²) in [5.74, 6) is 0. The quantitative estimate of drug-likeness (QED) is 0.544. The van der Waals surface area contributed by atoms with Gasteiger partial charge in [0.05, 0.1) is 6.10 Å². The van der Waals surface area contributed by atoms with Gasteiger partial charge in [-0.15, -0.1) is 0 Å². The average Bonchev–Trinajstić information content (AvgIpc) is 2.14. The summed E-state index contributed by atoms with van der Waals surface area (Å²) in [4.78, 5) is 0. The predicted molar refractivity (Wildman–Crippen MR) is 32.6 cm³/mol. The summed E-state index contributed by atoms with van der Waals surface area (Å²) in [6.07, 6.45) is 1.86. The zero-order valence-corrected chi connectivity index (χ0v) is 5.48. The van der Waals surface area contributed by atoms with Crippen LogP contribution < -0.4 is 5.32 Å². The SMILES string of the molecule is CCC1CN[C@@H](C)O1. The first kappa shape index (κ1) is 6.05. The number of rotatable bonds is 1. The van der Waals surface area contributed by atoms with Crippen LogP contribution in [-0.4, -0.2) is 18.9 Å². The second-order valence-electron chi connectivity index (χ2n) is 2.22. The van der Waals surface area contributed by atoms with Crippen molar-refractivity contribution in [3.63, 3.8) is 0 Å². The molecule has 0 aromatic rings. The summed E-state index contributed by atoms with van der Waals surface area (Å²) in [5, 5.41) is 3.20. The van der Waals surface area contributed by atoms with Crippen molar-refractivity contribution in [2.45, 2.75) is 32.6 Å². The van der Waals surface area contributed by atoms with E-state index in [1.54, 1.807) is 0 Å². The molecule has 1 aliphatic rings. The fraction of sp³-hybridized carbons (Fsp3) is 1.00. The van der Waals surface area contributed by atoms with Crippen molar-refractivity contribution in [3.8, 4) is 0 Å². The highest BCUT2D eigenvalue weighted by molar-refractivity contribution is 4.68. The summed E-state index contributed by atoms with van der Waals surface area (Å²) in [6, 6.07) is 0. The van der Waals surface area contributed by atoms with E-state index >= 15 is 0 Å². The van der Waals surface area contributed by atoms with Crippen LogP contribution in [0.4, 0.5) is 0 Å². The van der Waals surface area contributed by atoms with Crippen LogP contribution in [0.15, 0.2) is 0 Å². The molecule has 1 aliphatic heterocycles. The van der Waals surface area contributed by atoms with Gasteiger partial charge in [-0.05, 0) is 13.3 Å². The topological polar surface area (TPSA) is 21.3 Å². The predicted octanol–water partition coefficient (Wildman–Crippen LogP) is 0.731. The number of hydrogen-bond acceptors (Lipinski definition) is 2. The smallest absolute Gasteiger partial charge is 0.105 e. The Bertz CT molecular complexity index is 74.9. The summed E-state index contributed by atoms with van der Waals surface area (Å²) < 4.78 is 5.40. The number of nitrogens with one attached hydrogen (secondary N) is 1. The lowest BCUT2D eigenvalue weighted by atomic mass is 10.3. The zero-order valence-electron chi connectivity index (χ0n) is 5.48. The van der Waals surface area contributed by atoms with Crippen LogP contribution in [0.1, 0.15) is 20.3 Å². The van der Waals surface area contributed by atoms with Crippen molar-refractivity contribution in [2.75, 3.05) is 6.54 Å². The van der Waals surface area contributed by atoms with Crippen LogP contribution in [0, 0.1) is 0 Å². The third-order valence-corrected chi connectivity index (χ3v) is 1.48.